The van der Waals surface area contributed by atoms with Crippen LogP contribution in [0.2, 0.25) is 0 Å². The zero-order valence-corrected chi connectivity index (χ0v) is 11.2. The van der Waals surface area contributed by atoms with Gasteiger partial charge in [0, 0.05) is 18.2 Å². The molecule has 2 rings (SSSR count). The Hall–Kier alpha value is -2.15. The summed E-state index contributed by atoms with van der Waals surface area (Å²) in [5.74, 6) is -0.137. The first kappa shape index (κ1) is 14.3. The summed E-state index contributed by atoms with van der Waals surface area (Å²) in [5.41, 5.74) is 6.06. The molecule has 2 atom stereocenters. The lowest BCUT2D eigenvalue weighted by molar-refractivity contribution is -0.384. The van der Waals surface area contributed by atoms with Crippen molar-refractivity contribution in [3.63, 3.8) is 0 Å². The monoisotopic (exact) mass is 279 g/mol. The lowest BCUT2D eigenvalue weighted by Crippen LogP contribution is -2.44. The number of hydrogen-bond acceptors (Lipinski definition) is 5. The second-order valence-corrected chi connectivity index (χ2v) is 4.82. The van der Waals surface area contributed by atoms with Gasteiger partial charge in [0.1, 0.15) is 5.75 Å². The topological polar surface area (TPSA) is 107 Å². The molecule has 0 radical (unpaired) electrons. The number of nitrogens with one attached hydrogen (secondary N) is 1. The van der Waals surface area contributed by atoms with Gasteiger partial charge < -0.3 is 15.8 Å². The quantitative estimate of drug-likeness (QED) is 0.636. The molecule has 1 aromatic carbocycles. The summed E-state index contributed by atoms with van der Waals surface area (Å²) in [4.78, 5) is 22.4. The summed E-state index contributed by atoms with van der Waals surface area (Å²) in [6.07, 6.45) is 2.73. The van der Waals surface area contributed by atoms with Crippen LogP contribution in [0.3, 0.4) is 0 Å². The molecule has 1 fully saturated rings. The Labute approximate surface area is 116 Å². The summed E-state index contributed by atoms with van der Waals surface area (Å²) in [5, 5.41) is 13.6. The first-order chi connectivity index (χ1) is 9.52. The van der Waals surface area contributed by atoms with E-state index in [1.165, 1.54) is 25.3 Å². The van der Waals surface area contributed by atoms with E-state index in [1.807, 2.05) is 0 Å². The number of amides is 1. The van der Waals surface area contributed by atoms with Crippen LogP contribution in [0.5, 0.6) is 5.75 Å². The third kappa shape index (κ3) is 2.88. The van der Waals surface area contributed by atoms with Gasteiger partial charge in [0.15, 0.2) is 0 Å². The number of carbonyl (C=O) groups is 1. The number of carbonyl (C=O) groups excluding carboxylic acids is 1. The molecule has 0 saturated heterocycles. The minimum absolute atomic E-state index is 0.0389. The Kier molecular flexibility index (Phi) is 4.19. The Morgan fingerprint density at radius 1 is 1.50 bits per heavy atom. The van der Waals surface area contributed by atoms with Gasteiger partial charge in [-0.05, 0) is 25.3 Å². The van der Waals surface area contributed by atoms with Crippen molar-refractivity contribution in [3.05, 3.63) is 33.9 Å². The second-order valence-electron chi connectivity index (χ2n) is 4.82. The van der Waals surface area contributed by atoms with Crippen molar-refractivity contribution in [2.75, 3.05) is 7.11 Å². The van der Waals surface area contributed by atoms with Crippen molar-refractivity contribution < 1.29 is 14.5 Å². The van der Waals surface area contributed by atoms with Gasteiger partial charge in [-0.2, -0.15) is 0 Å². The molecule has 2 unspecified atom stereocenters. The van der Waals surface area contributed by atoms with Crippen LogP contribution in [-0.2, 0) is 0 Å². The van der Waals surface area contributed by atoms with E-state index in [2.05, 4.69) is 5.32 Å². The Bertz CT molecular complexity index is 532. The third-order valence-electron chi connectivity index (χ3n) is 3.53. The fourth-order valence-corrected chi connectivity index (χ4v) is 2.40. The van der Waals surface area contributed by atoms with Crippen LogP contribution in [0.1, 0.15) is 29.6 Å². The molecule has 7 heteroatoms. The van der Waals surface area contributed by atoms with E-state index in [1.54, 1.807) is 0 Å². The van der Waals surface area contributed by atoms with Gasteiger partial charge in [0.2, 0.25) is 0 Å². The van der Waals surface area contributed by atoms with E-state index >= 15 is 0 Å². The van der Waals surface area contributed by atoms with E-state index in [0.717, 1.165) is 19.3 Å². The number of nitro groups is 1. The minimum Gasteiger partial charge on any atom is -0.496 e. The van der Waals surface area contributed by atoms with E-state index in [-0.39, 0.29) is 35.0 Å². The maximum Gasteiger partial charge on any atom is 0.273 e. The molecule has 0 heterocycles. The highest BCUT2D eigenvalue weighted by molar-refractivity contribution is 5.97. The highest BCUT2D eigenvalue weighted by Gasteiger charge is 2.27. The fraction of sp³-hybridized carbons (Fsp3) is 0.462. The third-order valence-corrected chi connectivity index (χ3v) is 3.53. The normalized spacial score (nSPS) is 21.5. The van der Waals surface area contributed by atoms with Crippen LogP contribution in [-0.4, -0.2) is 30.0 Å². The molecule has 0 aliphatic heterocycles. The number of rotatable bonds is 4. The SMILES string of the molecule is COc1cc([N+](=O)[O-])ccc1C(=O)NC1CCCC1N. The number of nitro benzene ring substituents is 1. The van der Waals surface area contributed by atoms with Crippen molar-refractivity contribution >= 4 is 11.6 Å². The Balaban J connectivity index is 2.18. The molecule has 20 heavy (non-hydrogen) atoms. The summed E-state index contributed by atoms with van der Waals surface area (Å²) < 4.78 is 5.05. The highest BCUT2D eigenvalue weighted by atomic mass is 16.6. The maximum absolute atomic E-state index is 12.2. The molecule has 0 bridgehead atoms. The Morgan fingerprint density at radius 3 is 2.80 bits per heavy atom. The van der Waals surface area contributed by atoms with Gasteiger partial charge in [-0.3, -0.25) is 14.9 Å². The Morgan fingerprint density at radius 2 is 2.25 bits per heavy atom. The van der Waals surface area contributed by atoms with E-state index in [9.17, 15) is 14.9 Å². The summed E-state index contributed by atoms with van der Waals surface area (Å²) in [6.45, 7) is 0. The second kappa shape index (κ2) is 5.87. The zero-order valence-electron chi connectivity index (χ0n) is 11.2. The molecular formula is C13H17N3O4. The van der Waals surface area contributed by atoms with Crippen LogP contribution in [0.25, 0.3) is 0 Å². The van der Waals surface area contributed by atoms with Crippen LogP contribution in [0.15, 0.2) is 18.2 Å². The van der Waals surface area contributed by atoms with Crippen molar-refractivity contribution in [3.8, 4) is 5.75 Å². The molecular weight excluding hydrogens is 262 g/mol. The molecule has 0 spiro atoms. The van der Waals surface area contributed by atoms with E-state index < -0.39 is 4.92 Å². The largest absolute Gasteiger partial charge is 0.496 e. The van der Waals surface area contributed by atoms with Gasteiger partial charge in [-0.1, -0.05) is 0 Å². The zero-order chi connectivity index (χ0) is 14.7. The number of benzene rings is 1. The smallest absolute Gasteiger partial charge is 0.273 e. The van der Waals surface area contributed by atoms with Crippen LogP contribution in [0, 0.1) is 10.1 Å². The van der Waals surface area contributed by atoms with Crippen molar-refractivity contribution in [2.45, 2.75) is 31.3 Å². The molecule has 0 aromatic heterocycles. The number of nitrogens with zero attached hydrogens (tertiary/aromatic N) is 1. The first-order valence-corrected chi connectivity index (χ1v) is 6.42. The lowest BCUT2D eigenvalue weighted by atomic mass is 10.1. The maximum atomic E-state index is 12.2. The molecule has 1 amide bonds. The fourth-order valence-electron chi connectivity index (χ4n) is 2.40. The van der Waals surface area contributed by atoms with Gasteiger partial charge in [0.05, 0.1) is 23.7 Å². The molecule has 1 aliphatic rings. The predicted molar refractivity (Wildman–Crippen MR) is 72.7 cm³/mol. The summed E-state index contributed by atoms with van der Waals surface area (Å²) in [7, 11) is 1.37. The molecule has 1 aliphatic carbocycles. The van der Waals surface area contributed by atoms with Gasteiger partial charge in [-0.15, -0.1) is 0 Å². The first-order valence-electron chi connectivity index (χ1n) is 6.42. The van der Waals surface area contributed by atoms with Crippen LogP contribution < -0.4 is 15.8 Å². The lowest BCUT2D eigenvalue weighted by Gasteiger charge is -2.18. The van der Waals surface area contributed by atoms with Crippen LogP contribution in [0.4, 0.5) is 5.69 Å². The predicted octanol–water partition coefficient (Wildman–Crippen LogP) is 1.21. The summed E-state index contributed by atoms with van der Waals surface area (Å²) >= 11 is 0. The molecule has 7 nitrogen and oxygen atoms in total. The van der Waals surface area contributed by atoms with Gasteiger partial charge >= 0.3 is 0 Å². The molecule has 3 N–H and O–H groups in total. The highest BCUT2D eigenvalue weighted by Crippen LogP contribution is 2.25. The number of non-ortho nitro benzene ring substituents is 1. The van der Waals surface area contributed by atoms with Gasteiger partial charge in [0.25, 0.3) is 11.6 Å². The molecule has 1 saturated carbocycles. The standard InChI is InChI=1S/C13H17N3O4/c1-20-12-7-8(16(18)19)5-6-9(12)13(17)15-11-4-2-3-10(11)14/h5-7,10-11H,2-4,14H2,1H3,(H,15,17). The average Bonchev–Trinajstić information content (AvgIpc) is 2.83. The molecule has 1 aromatic rings. The van der Waals surface area contributed by atoms with Gasteiger partial charge in [-0.25, -0.2) is 0 Å². The number of methoxy groups -OCH3 is 1. The number of hydrogen-bond donors (Lipinski definition) is 2. The summed E-state index contributed by atoms with van der Waals surface area (Å²) in [6, 6.07) is 3.83. The van der Waals surface area contributed by atoms with Crippen molar-refractivity contribution in [1.82, 2.24) is 5.32 Å². The number of nitrogens with two attached hydrogens (primary N) is 1. The minimum atomic E-state index is -0.531. The number of ether oxygens (including phenoxy) is 1. The van der Waals surface area contributed by atoms with Crippen molar-refractivity contribution in [1.29, 1.82) is 0 Å². The molecule has 108 valence electrons. The van der Waals surface area contributed by atoms with E-state index in [0.29, 0.717) is 0 Å². The van der Waals surface area contributed by atoms with Crippen LogP contribution >= 0.6 is 0 Å². The van der Waals surface area contributed by atoms with E-state index in [4.69, 9.17) is 10.5 Å². The van der Waals surface area contributed by atoms with Crippen molar-refractivity contribution in [2.24, 2.45) is 5.73 Å². The average molecular weight is 279 g/mol.